The van der Waals surface area contributed by atoms with Crippen LogP contribution in [0.5, 0.6) is 0 Å². The zero-order valence-corrected chi connectivity index (χ0v) is 18.4. The molecule has 0 aliphatic carbocycles. The third-order valence-electron chi connectivity index (χ3n) is 6.30. The average Bonchev–Trinajstić information content (AvgIpc) is 3.16. The number of fused-ring (bicyclic) bond motifs is 1. The van der Waals surface area contributed by atoms with Gasteiger partial charge in [0.05, 0.1) is 12.7 Å². The first-order chi connectivity index (χ1) is 15.0. The number of furan rings is 1. The predicted octanol–water partition coefficient (Wildman–Crippen LogP) is 4.29. The molecule has 4 rings (SSSR count). The number of carbonyl (C=O) groups excluding carboxylic acids is 2. The molecule has 31 heavy (non-hydrogen) atoms. The van der Waals surface area contributed by atoms with E-state index >= 15 is 0 Å². The van der Waals surface area contributed by atoms with Crippen LogP contribution in [0.1, 0.15) is 35.1 Å². The predicted molar refractivity (Wildman–Crippen MR) is 122 cm³/mol. The summed E-state index contributed by atoms with van der Waals surface area (Å²) in [7, 11) is 0. The van der Waals surface area contributed by atoms with Crippen LogP contribution in [0.25, 0.3) is 11.0 Å². The van der Waals surface area contributed by atoms with Crippen LogP contribution in [-0.2, 0) is 22.4 Å². The van der Waals surface area contributed by atoms with Crippen molar-refractivity contribution in [2.24, 2.45) is 0 Å². The second kappa shape index (κ2) is 9.38. The summed E-state index contributed by atoms with van der Waals surface area (Å²) in [5.74, 6) is 0.284. The molecule has 3 aromatic rings. The highest BCUT2D eigenvalue weighted by Gasteiger charge is 2.24. The Morgan fingerprint density at radius 1 is 0.903 bits per heavy atom. The van der Waals surface area contributed by atoms with Crippen molar-refractivity contribution in [3.05, 3.63) is 71.0 Å². The molecule has 0 N–H and O–H groups in total. The minimum atomic E-state index is 0.0945. The van der Waals surface area contributed by atoms with E-state index in [4.69, 9.17) is 4.42 Å². The number of aryl methyl sites for hydroxylation is 3. The number of benzene rings is 2. The van der Waals surface area contributed by atoms with E-state index in [1.165, 1.54) is 16.7 Å². The van der Waals surface area contributed by atoms with E-state index in [1.807, 2.05) is 34.1 Å². The molecule has 5 heteroatoms. The fourth-order valence-electron chi connectivity index (χ4n) is 4.20. The lowest BCUT2D eigenvalue weighted by Gasteiger charge is -2.35. The number of amides is 2. The average molecular weight is 419 g/mol. The van der Waals surface area contributed by atoms with E-state index in [-0.39, 0.29) is 11.8 Å². The molecule has 0 bridgehead atoms. The number of hydrogen-bond donors (Lipinski definition) is 0. The van der Waals surface area contributed by atoms with E-state index in [0.29, 0.717) is 39.0 Å². The number of hydrogen-bond acceptors (Lipinski definition) is 3. The van der Waals surface area contributed by atoms with Crippen LogP contribution in [0, 0.1) is 13.8 Å². The third kappa shape index (κ3) is 4.98. The van der Waals surface area contributed by atoms with Crippen molar-refractivity contribution >= 4 is 22.8 Å². The maximum atomic E-state index is 12.8. The van der Waals surface area contributed by atoms with Gasteiger partial charge in [-0.15, -0.1) is 0 Å². The second-order valence-corrected chi connectivity index (χ2v) is 8.47. The Bertz CT molecular complexity index is 1060. The van der Waals surface area contributed by atoms with Gasteiger partial charge in [-0.2, -0.15) is 0 Å². The summed E-state index contributed by atoms with van der Waals surface area (Å²) in [4.78, 5) is 29.1. The molecule has 162 valence electrons. The minimum absolute atomic E-state index is 0.0945. The van der Waals surface area contributed by atoms with E-state index in [9.17, 15) is 9.59 Å². The van der Waals surface area contributed by atoms with Crippen LogP contribution in [0.2, 0.25) is 0 Å². The SMILES string of the molecule is Cc1cc2occ(CC(=O)N3CCN(C(=O)CCCc4ccccc4)CC3)c2cc1C. The van der Waals surface area contributed by atoms with Gasteiger partial charge in [0.15, 0.2) is 0 Å². The summed E-state index contributed by atoms with van der Waals surface area (Å²) in [6.45, 7) is 6.54. The summed E-state index contributed by atoms with van der Waals surface area (Å²) >= 11 is 0. The van der Waals surface area contributed by atoms with Gasteiger partial charge >= 0.3 is 0 Å². The number of carbonyl (C=O) groups is 2. The van der Waals surface area contributed by atoms with Gasteiger partial charge in [-0.25, -0.2) is 0 Å². The van der Waals surface area contributed by atoms with Crippen LogP contribution < -0.4 is 0 Å². The van der Waals surface area contributed by atoms with Gasteiger partial charge in [0, 0.05) is 43.5 Å². The molecule has 1 aliphatic heterocycles. The van der Waals surface area contributed by atoms with Gasteiger partial charge in [-0.3, -0.25) is 9.59 Å². The summed E-state index contributed by atoms with van der Waals surface area (Å²) in [6, 6.07) is 14.4. The number of rotatable bonds is 6. The Morgan fingerprint density at radius 3 is 2.26 bits per heavy atom. The smallest absolute Gasteiger partial charge is 0.227 e. The summed E-state index contributed by atoms with van der Waals surface area (Å²) in [6.07, 6.45) is 4.37. The lowest BCUT2D eigenvalue weighted by molar-refractivity contribution is -0.139. The van der Waals surface area contributed by atoms with Gasteiger partial charge in [0.2, 0.25) is 11.8 Å². The molecule has 1 aromatic heterocycles. The summed E-state index contributed by atoms with van der Waals surface area (Å²) < 4.78 is 5.67. The normalized spacial score (nSPS) is 14.3. The molecule has 1 aliphatic rings. The van der Waals surface area contributed by atoms with Gasteiger partial charge in [0.25, 0.3) is 0 Å². The summed E-state index contributed by atoms with van der Waals surface area (Å²) in [5, 5.41) is 1.02. The number of nitrogens with zero attached hydrogens (tertiary/aromatic N) is 2. The van der Waals surface area contributed by atoms with E-state index < -0.39 is 0 Å². The molecule has 2 heterocycles. The van der Waals surface area contributed by atoms with E-state index in [2.05, 4.69) is 32.0 Å². The lowest BCUT2D eigenvalue weighted by Crippen LogP contribution is -2.50. The fraction of sp³-hybridized carbons (Fsp3) is 0.385. The first-order valence-corrected chi connectivity index (χ1v) is 11.1. The Kier molecular flexibility index (Phi) is 6.40. The quantitative estimate of drug-likeness (QED) is 0.600. The molecule has 1 saturated heterocycles. The first kappa shape index (κ1) is 21.2. The molecule has 2 amide bonds. The maximum absolute atomic E-state index is 12.8. The summed E-state index contributed by atoms with van der Waals surface area (Å²) in [5.41, 5.74) is 5.41. The highest BCUT2D eigenvalue weighted by Crippen LogP contribution is 2.25. The number of piperazine rings is 1. The molecule has 0 atom stereocenters. The Balaban J connectivity index is 1.26. The minimum Gasteiger partial charge on any atom is -0.464 e. The standard InChI is InChI=1S/C26H30N2O3/c1-19-15-23-22(18-31-24(23)16-20(19)2)17-26(30)28-13-11-27(12-14-28)25(29)10-6-9-21-7-4-3-5-8-21/h3-5,7-8,15-16,18H,6,9-14,17H2,1-2H3. The molecule has 2 aromatic carbocycles. The first-order valence-electron chi connectivity index (χ1n) is 11.1. The Morgan fingerprint density at radius 2 is 1.55 bits per heavy atom. The van der Waals surface area contributed by atoms with Crippen molar-refractivity contribution in [2.75, 3.05) is 26.2 Å². The van der Waals surface area contributed by atoms with Crippen molar-refractivity contribution in [2.45, 2.75) is 39.5 Å². The topological polar surface area (TPSA) is 53.8 Å². The highest BCUT2D eigenvalue weighted by atomic mass is 16.3. The largest absolute Gasteiger partial charge is 0.464 e. The maximum Gasteiger partial charge on any atom is 0.227 e. The van der Waals surface area contributed by atoms with Crippen molar-refractivity contribution in [3.63, 3.8) is 0 Å². The molecule has 1 fully saturated rings. The third-order valence-corrected chi connectivity index (χ3v) is 6.30. The molecule has 5 nitrogen and oxygen atoms in total. The fourth-order valence-corrected chi connectivity index (χ4v) is 4.20. The zero-order valence-electron chi connectivity index (χ0n) is 18.4. The van der Waals surface area contributed by atoms with E-state index in [1.54, 1.807) is 6.26 Å². The molecule has 0 unspecified atom stereocenters. The Labute approximate surface area is 183 Å². The van der Waals surface area contributed by atoms with Crippen molar-refractivity contribution in [1.29, 1.82) is 0 Å². The van der Waals surface area contributed by atoms with Crippen LogP contribution in [0.3, 0.4) is 0 Å². The molecule has 0 saturated carbocycles. The van der Waals surface area contributed by atoms with Gasteiger partial charge in [0.1, 0.15) is 5.58 Å². The van der Waals surface area contributed by atoms with Gasteiger partial charge in [-0.05, 0) is 55.5 Å². The van der Waals surface area contributed by atoms with Crippen LogP contribution in [0.15, 0.2) is 53.1 Å². The van der Waals surface area contributed by atoms with Gasteiger partial charge < -0.3 is 14.2 Å². The monoisotopic (exact) mass is 418 g/mol. The van der Waals surface area contributed by atoms with Crippen LogP contribution in [-0.4, -0.2) is 47.8 Å². The molecule has 0 spiro atoms. The van der Waals surface area contributed by atoms with Crippen molar-refractivity contribution in [3.8, 4) is 0 Å². The lowest BCUT2D eigenvalue weighted by atomic mass is 10.0. The van der Waals surface area contributed by atoms with Crippen molar-refractivity contribution in [1.82, 2.24) is 9.80 Å². The molecule has 0 radical (unpaired) electrons. The zero-order chi connectivity index (χ0) is 21.8. The van der Waals surface area contributed by atoms with E-state index in [0.717, 1.165) is 29.4 Å². The van der Waals surface area contributed by atoms with Crippen LogP contribution in [0.4, 0.5) is 0 Å². The molecular formula is C26H30N2O3. The van der Waals surface area contributed by atoms with Crippen molar-refractivity contribution < 1.29 is 14.0 Å². The van der Waals surface area contributed by atoms with Gasteiger partial charge in [-0.1, -0.05) is 30.3 Å². The highest BCUT2D eigenvalue weighted by molar-refractivity contribution is 5.88. The Hall–Kier alpha value is -3.08. The molecular weight excluding hydrogens is 388 g/mol. The second-order valence-electron chi connectivity index (χ2n) is 8.47. The van der Waals surface area contributed by atoms with Crippen LogP contribution >= 0.6 is 0 Å².